The summed E-state index contributed by atoms with van der Waals surface area (Å²) in [5.74, 6) is -0.500. The van der Waals surface area contributed by atoms with Crippen molar-refractivity contribution in [2.45, 2.75) is 11.4 Å². The fraction of sp³-hybridized carbons (Fsp3) is 0.0588. The van der Waals surface area contributed by atoms with Crippen LogP contribution in [0, 0.1) is 10.1 Å². The van der Waals surface area contributed by atoms with E-state index in [1.807, 2.05) is 0 Å². The van der Waals surface area contributed by atoms with Crippen molar-refractivity contribution < 1.29 is 22.7 Å². The van der Waals surface area contributed by atoms with Gasteiger partial charge in [0.05, 0.1) is 17.0 Å². The summed E-state index contributed by atoms with van der Waals surface area (Å²) in [6.45, 7) is -0.322. The molecule has 9 nitrogen and oxygen atoms in total. The second-order valence-electron chi connectivity index (χ2n) is 5.80. The minimum Gasteiger partial charge on any atom is -0.359 e. The van der Waals surface area contributed by atoms with Crippen LogP contribution in [0.2, 0.25) is 0 Å². The number of carbonyl (C=O) groups is 1. The fourth-order valence-corrected chi connectivity index (χ4v) is 4.37. The molecule has 0 saturated carbocycles. The minimum atomic E-state index is -3.96. The van der Waals surface area contributed by atoms with Gasteiger partial charge >= 0.3 is 0 Å². The van der Waals surface area contributed by atoms with E-state index in [0.717, 1.165) is 4.31 Å². The Bertz CT molecular complexity index is 1180. The summed E-state index contributed by atoms with van der Waals surface area (Å²) >= 11 is 0. The monoisotopic (exact) mass is 385 g/mol. The highest BCUT2D eigenvalue weighted by atomic mass is 32.2. The lowest BCUT2D eigenvalue weighted by molar-refractivity contribution is -0.384. The van der Waals surface area contributed by atoms with E-state index in [1.165, 1.54) is 36.4 Å². The molecule has 27 heavy (non-hydrogen) atoms. The summed E-state index contributed by atoms with van der Waals surface area (Å²) in [6.07, 6.45) is 0. The molecule has 1 aromatic heterocycles. The van der Waals surface area contributed by atoms with Crippen molar-refractivity contribution in [3.63, 3.8) is 0 Å². The first-order chi connectivity index (χ1) is 12.9. The lowest BCUT2D eigenvalue weighted by atomic mass is 10.1. The molecule has 0 bridgehead atoms. The van der Waals surface area contributed by atoms with E-state index in [1.54, 1.807) is 18.2 Å². The van der Waals surface area contributed by atoms with E-state index in [9.17, 15) is 23.3 Å². The fourth-order valence-electron chi connectivity index (χ4n) is 2.83. The number of rotatable bonds is 4. The first kappa shape index (κ1) is 16.9. The van der Waals surface area contributed by atoms with Gasteiger partial charge in [0.2, 0.25) is 0 Å². The number of amides is 1. The first-order valence-electron chi connectivity index (χ1n) is 7.74. The smallest absolute Gasteiger partial charge is 0.270 e. The second kappa shape index (κ2) is 6.02. The van der Waals surface area contributed by atoms with Crippen LogP contribution in [0.1, 0.15) is 16.1 Å². The number of nitro groups is 1. The number of non-ortho nitro benzene ring substituents is 1. The van der Waals surface area contributed by atoms with E-state index in [2.05, 4.69) is 5.16 Å². The number of fused-ring (bicyclic) bond motifs is 1. The van der Waals surface area contributed by atoms with Gasteiger partial charge < -0.3 is 4.52 Å². The number of benzene rings is 2. The van der Waals surface area contributed by atoms with E-state index >= 15 is 0 Å². The highest BCUT2D eigenvalue weighted by Crippen LogP contribution is 2.32. The summed E-state index contributed by atoms with van der Waals surface area (Å²) in [6, 6.07) is 13.2. The SMILES string of the molecule is O=C1c2ccccc2S(=O)(=O)N1Cc1cc(-c2cccc([N+](=O)[O-])c2)no1. The number of nitro benzene ring substituents is 1. The van der Waals surface area contributed by atoms with Crippen LogP contribution >= 0.6 is 0 Å². The second-order valence-corrected chi connectivity index (χ2v) is 7.63. The van der Waals surface area contributed by atoms with Crippen molar-refractivity contribution in [1.82, 2.24) is 9.46 Å². The van der Waals surface area contributed by atoms with Gasteiger partial charge in [0.25, 0.3) is 21.6 Å². The van der Waals surface area contributed by atoms with Gasteiger partial charge in [-0.2, -0.15) is 0 Å². The van der Waals surface area contributed by atoms with Gasteiger partial charge in [-0.05, 0) is 12.1 Å². The maximum absolute atomic E-state index is 12.6. The Hall–Kier alpha value is -3.53. The number of nitrogens with zero attached hydrogens (tertiary/aromatic N) is 3. The van der Waals surface area contributed by atoms with Gasteiger partial charge in [0, 0.05) is 23.8 Å². The van der Waals surface area contributed by atoms with E-state index < -0.39 is 20.9 Å². The van der Waals surface area contributed by atoms with Crippen LogP contribution in [0.15, 0.2) is 64.0 Å². The molecule has 4 rings (SSSR count). The van der Waals surface area contributed by atoms with Crippen LogP contribution in [0.5, 0.6) is 0 Å². The maximum Gasteiger partial charge on any atom is 0.270 e. The molecule has 0 fully saturated rings. The van der Waals surface area contributed by atoms with Crippen LogP contribution in [-0.2, 0) is 16.6 Å². The topological polar surface area (TPSA) is 124 Å². The summed E-state index contributed by atoms with van der Waals surface area (Å²) in [7, 11) is -3.96. The Morgan fingerprint density at radius 2 is 1.89 bits per heavy atom. The minimum absolute atomic E-state index is 0.0478. The van der Waals surface area contributed by atoms with E-state index in [4.69, 9.17) is 4.52 Å². The van der Waals surface area contributed by atoms with Crippen molar-refractivity contribution in [2.75, 3.05) is 0 Å². The normalized spacial score (nSPS) is 15.0. The zero-order valence-corrected chi connectivity index (χ0v) is 14.4. The van der Waals surface area contributed by atoms with Crippen LogP contribution in [0.25, 0.3) is 11.3 Å². The number of aromatic nitrogens is 1. The molecule has 0 spiro atoms. The highest BCUT2D eigenvalue weighted by Gasteiger charge is 2.41. The Labute approximate surface area is 153 Å². The zero-order chi connectivity index (χ0) is 19.2. The standard InChI is InChI=1S/C17H11N3O6S/c21-17-14-6-1-2-7-16(14)27(24,25)19(17)10-13-9-15(18-26-13)11-4-3-5-12(8-11)20(22)23/h1-9H,10H2. The van der Waals surface area contributed by atoms with Crippen molar-refractivity contribution >= 4 is 21.6 Å². The number of hydrogen-bond donors (Lipinski definition) is 0. The number of sulfonamides is 1. The van der Waals surface area contributed by atoms with Crippen molar-refractivity contribution in [3.8, 4) is 11.3 Å². The quantitative estimate of drug-likeness (QED) is 0.499. The van der Waals surface area contributed by atoms with Crippen molar-refractivity contribution in [3.05, 3.63) is 76.0 Å². The molecule has 0 saturated heterocycles. The van der Waals surface area contributed by atoms with E-state index in [0.29, 0.717) is 11.3 Å². The maximum atomic E-state index is 12.6. The molecule has 1 amide bonds. The van der Waals surface area contributed by atoms with Gasteiger partial charge in [-0.25, -0.2) is 12.7 Å². The third kappa shape index (κ3) is 2.75. The highest BCUT2D eigenvalue weighted by molar-refractivity contribution is 7.90. The molecule has 1 aliphatic rings. The van der Waals surface area contributed by atoms with Crippen molar-refractivity contribution in [1.29, 1.82) is 0 Å². The van der Waals surface area contributed by atoms with Gasteiger partial charge in [0.1, 0.15) is 10.6 Å². The molecule has 2 aromatic carbocycles. The largest absolute Gasteiger partial charge is 0.359 e. The van der Waals surface area contributed by atoms with E-state index in [-0.39, 0.29) is 28.5 Å². The Balaban J connectivity index is 1.64. The molecule has 0 aliphatic carbocycles. The lowest BCUT2D eigenvalue weighted by Crippen LogP contribution is -2.29. The average molecular weight is 385 g/mol. The predicted octanol–water partition coefficient (Wildman–Crippen LogP) is 2.59. The molecule has 2 heterocycles. The molecule has 136 valence electrons. The van der Waals surface area contributed by atoms with Gasteiger partial charge in [-0.3, -0.25) is 14.9 Å². The third-order valence-electron chi connectivity index (χ3n) is 4.12. The molecule has 0 unspecified atom stereocenters. The molecule has 0 N–H and O–H groups in total. The van der Waals surface area contributed by atoms with Crippen molar-refractivity contribution in [2.24, 2.45) is 0 Å². The summed E-state index contributed by atoms with van der Waals surface area (Å²) < 4.78 is 31.0. The molecule has 1 aliphatic heterocycles. The Morgan fingerprint density at radius 3 is 2.63 bits per heavy atom. The summed E-state index contributed by atoms with van der Waals surface area (Å²) in [5, 5.41) is 14.7. The lowest BCUT2D eigenvalue weighted by Gasteiger charge is -2.12. The first-order valence-corrected chi connectivity index (χ1v) is 9.18. The third-order valence-corrected chi connectivity index (χ3v) is 5.91. The van der Waals surface area contributed by atoms with Gasteiger partial charge in [-0.1, -0.05) is 29.4 Å². The van der Waals surface area contributed by atoms with Crippen LogP contribution in [0.4, 0.5) is 5.69 Å². The molecular formula is C17H11N3O6S. The summed E-state index contributed by atoms with van der Waals surface area (Å²) in [4.78, 5) is 22.7. The van der Waals surface area contributed by atoms with Crippen LogP contribution < -0.4 is 0 Å². The summed E-state index contributed by atoms with van der Waals surface area (Å²) in [5.41, 5.74) is 0.745. The van der Waals surface area contributed by atoms with Crippen LogP contribution in [-0.4, -0.2) is 28.7 Å². The Morgan fingerprint density at radius 1 is 1.11 bits per heavy atom. The number of carbonyl (C=O) groups excluding carboxylic acids is 1. The van der Waals surface area contributed by atoms with Gasteiger partial charge in [-0.15, -0.1) is 0 Å². The van der Waals surface area contributed by atoms with Gasteiger partial charge in [0.15, 0.2) is 5.76 Å². The predicted molar refractivity (Wildman–Crippen MR) is 92.1 cm³/mol. The zero-order valence-electron chi connectivity index (χ0n) is 13.6. The Kier molecular flexibility index (Phi) is 3.77. The molecular weight excluding hydrogens is 374 g/mol. The molecule has 10 heteroatoms. The molecule has 0 atom stereocenters. The van der Waals surface area contributed by atoms with Crippen LogP contribution in [0.3, 0.4) is 0 Å². The molecule has 3 aromatic rings. The molecule has 0 radical (unpaired) electrons. The average Bonchev–Trinajstić information content (AvgIpc) is 3.20. The number of hydrogen-bond acceptors (Lipinski definition) is 7.